The zero-order valence-electron chi connectivity index (χ0n) is 14.3. The van der Waals surface area contributed by atoms with Gasteiger partial charge in [0.05, 0.1) is 0 Å². The number of alkyl halides is 6. The number of ether oxygens (including phenoxy) is 2. The summed E-state index contributed by atoms with van der Waals surface area (Å²) < 4.78 is 118. The molecule has 0 unspecified atom stereocenters. The maximum Gasteiger partial charge on any atom is 0.438 e. The lowest BCUT2D eigenvalue weighted by Gasteiger charge is -2.35. The molecule has 0 fully saturated rings. The lowest BCUT2D eigenvalue weighted by Crippen LogP contribution is -2.63. The maximum atomic E-state index is 13.2. The van der Waals surface area contributed by atoms with Crippen LogP contribution >= 0.6 is 0 Å². The third-order valence-corrected chi connectivity index (χ3v) is 4.00. The lowest BCUT2D eigenvalue weighted by molar-refractivity contribution is -0.356. The molecule has 0 aliphatic rings. The molecule has 0 radical (unpaired) electrons. The van der Waals surface area contributed by atoms with E-state index in [0.29, 0.717) is 6.07 Å². The number of benzene rings is 1. The van der Waals surface area contributed by atoms with Gasteiger partial charge in [-0.3, -0.25) is 4.55 Å². The van der Waals surface area contributed by atoms with Crippen molar-refractivity contribution in [1.29, 1.82) is 0 Å². The highest BCUT2D eigenvalue weighted by molar-refractivity contribution is 7.85. The van der Waals surface area contributed by atoms with Crippen LogP contribution in [0.25, 0.3) is 0 Å². The molecule has 0 bridgehead atoms. The predicted molar refractivity (Wildman–Crippen MR) is 83.6 cm³/mol. The molecule has 0 saturated carbocycles. The van der Waals surface area contributed by atoms with E-state index in [4.69, 9.17) is 4.55 Å². The second-order valence-corrected chi connectivity index (χ2v) is 7.06. The zero-order valence-corrected chi connectivity index (χ0v) is 15.1. The van der Waals surface area contributed by atoms with Crippen LogP contribution in [0.2, 0.25) is 0 Å². The Morgan fingerprint density at radius 1 is 1.07 bits per heavy atom. The molecule has 29 heavy (non-hydrogen) atoms. The Labute approximate surface area is 159 Å². The van der Waals surface area contributed by atoms with Gasteiger partial charge in [-0.15, -0.1) is 0 Å². The zero-order chi connectivity index (χ0) is 22.8. The lowest BCUT2D eigenvalue weighted by atomic mass is 10.1. The Morgan fingerprint density at radius 2 is 1.55 bits per heavy atom. The van der Waals surface area contributed by atoms with E-state index in [0.717, 1.165) is 18.2 Å². The van der Waals surface area contributed by atoms with E-state index >= 15 is 0 Å². The summed E-state index contributed by atoms with van der Waals surface area (Å²) in [5.74, 6) is -7.27. The SMILES string of the molecule is C=C(C)C(=O)Oc1ccccc1C(=O)OC(CS(=O)(=O)O)(C(F)(F)F)C(F)(F)F. The van der Waals surface area contributed by atoms with E-state index in [-0.39, 0.29) is 5.57 Å². The Balaban J connectivity index is 3.51. The van der Waals surface area contributed by atoms with Gasteiger partial charge in [-0.05, 0) is 19.1 Å². The molecule has 162 valence electrons. The predicted octanol–water partition coefficient (Wildman–Crippen LogP) is 3.08. The molecule has 1 aromatic rings. The molecule has 0 heterocycles. The topological polar surface area (TPSA) is 107 Å². The molecule has 0 aromatic heterocycles. The van der Waals surface area contributed by atoms with E-state index in [9.17, 15) is 44.3 Å². The van der Waals surface area contributed by atoms with E-state index in [1.54, 1.807) is 0 Å². The number of esters is 2. The van der Waals surface area contributed by atoms with E-state index in [1.165, 1.54) is 6.92 Å². The summed E-state index contributed by atoms with van der Waals surface area (Å²) in [5, 5.41) is 0. The third kappa shape index (κ3) is 5.69. The average molecular weight is 450 g/mol. The van der Waals surface area contributed by atoms with Gasteiger partial charge in [0, 0.05) is 5.57 Å². The van der Waals surface area contributed by atoms with Crippen LogP contribution in [0.3, 0.4) is 0 Å². The number of hydrogen-bond donors (Lipinski definition) is 1. The Morgan fingerprint density at radius 3 is 1.97 bits per heavy atom. The second-order valence-electron chi connectivity index (χ2n) is 5.60. The molecular formula is C15H12F6O7S. The van der Waals surface area contributed by atoms with Crippen molar-refractivity contribution < 1.29 is 58.4 Å². The van der Waals surface area contributed by atoms with Crippen LogP contribution < -0.4 is 4.74 Å². The first-order valence-electron chi connectivity index (χ1n) is 7.20. The molecule has 1 N–H and O–H groups in total. The van der Waals surface area contributed by atoms with Crippen LogP contribution in [0.15, 0.2) is 36.4 Å². The first-order chi connectivity index (χ1) is 12.9. The highest BCUT2D eigenvalue weighted by atomic mass is 32.2. The minimum atomic E-state index is -6.49. The summed E-state index contributed by atoms with van der Waals surface area (Å²) in [6.07, 6.45) is -13.0. The van der Waals surface area contributed by atoms with E-state index < -0.39 is 57.1 Å². The van der Waals surface area contributed by atoms with Crippen LogP contribution in [-0.4, -0.2) is 48.6 Å². The third-order valence-electron chi connectivity index (χ3n) is 3.23. The summed E-state index contributed by atoms with van der Waals surface area (Å²) in [4.78, 5) is 23.6. The number of halogens is 6. The second kappa shape index (κ2) is 8.02. The van der Waals surface area contributed by atoms with Crippen molar-refractivity contribution in [2.45, 2.75) is 24.9 Å². The smallest absolute Gasteiger partial charge is 0.434 e. The number of carbonyl (C=O) groups excluding carboxylic acids is 2. The molecule has 1 aromatic carbocycles. The molecular weight excluding hydrogens is 438 g/mol. The standard InChI is InChI=1S/C15H12F6O7S/c1-8(2)11(22)27-10-6-4-3-5-9(10)12(23)28-13(14(16,17)18,15(19,20)21)7-29(24,25)26/h3-6H,1,7H2,2H3,(H,24,25,26). The Kier molecular flexibility index (Phi) is 6.76. The minimum absolute atomic E-state index is 0.209. The van der Waals surface area contributed by atoms with Gasteiger partial charge in [-0.2, -0.15) is 34.8 Å². The first kappa shape index (κ1) is 24.4. The summed E-state index contributed by atoms with van der Waals surface area (Å²) in [6, 6.07) is 3.68. The first-order valence-corrected chi connectivity index (χ1v) is 8.81. The number of hydrogen-bond acceptors (Lipinski definition) is 6. The van der Waals surface area contributed by atoms with E-state index in [1.807, 2.05) is 0 Å². The molecule has 0 atom stereocenters. The maximum absolute atomic E-state index is 13.2. The molecule has 14 heteroatoms. The molecule has 0 amide bonds. The number of carbonyl (C=O) groups is 2. The molecule has 0 spiro atoms. The average Bonchev–Trinajstić information content (AvgIpc) is 2.51. The fourth-order valence-corrected chi connectivity index (χ4v) is 2.75. The minimum Gasteiger partial charge on any atom is -0.434 e. The van der Waals surface area contributed by atoms with Crippen molar-refractivity contribution in [3.63, 3.8) is 0 Å². The monoisotopic (exact) mass is 450 g/mol. The van der Waals surface area contributed by atoms with Gasteiger partial charge in [0.2, 0.25) is 0 Å². The number of rotatable bonds is 6. The molecule has 0 aliphatic carbocycles. The van der Waals surface area contributed by atoms with Crippen molar-refractivity contribution in [2.24, 2.45) is 0 Å². The fourth-order valence-electron chi connectivity index (χ4n) is 1.85. The van der Waals surface area contributed by atoms with Crippen LogP contribution in [0.1, 0.15) is 17.3 Å². The van der Waals surface area contributed by atoms with Crippen molar-refractivity contribution >= 4 is 22.1 Å². The summed E-state index contributed by atoms with van der Waals surface area (Å²) in [7, 11) is -5.93. The normalized spacial score (nSPS) is 13.0. The van der Waals surface area contributed by atoms with Gasteiger partial charge >= 0.3 is 29.9 Å². The van der Waals surface area contributed by atoms with Crippen molar-refractivity contribution in [2.75, 3.05) is 5.75 Å². The Bertz CT molecular complexity index is 904. The van der Waals surface area contributed by atoms with Gasteiger partial charge in [0.25, 0.3) is 10.1 Å². The van der Waals surface area contributed by atoms with Crippen molar-refractivity contribution in [1.82, 2.24) is 0 Å². The van der Waals surface area contributed by atoms with Gasteiger partial charge < -0.3 is 9.47 Å². The quantitative estimate of drug-likeness (QED) is 0.233. The van der Waals surface area contributed by atoms with Crippen LogP contribution in [0, 0.1) is 0 Å². The Hall–Kier alpha value is -2.61. The summed E-state index contributed by atoms with van der Waals surface area (Å²) in [6.45, 7) is 4.38. The molecule has 0 aliphatic heterocycles. The van der Waals surface area contributed by atoms with E-state index in [2.05, 4.69) is 16.1 Å². The highest BCUT2D eigenvalue weighted by Gasteiger charge is 2.76. The van der Waals surface area contributed by atoms with Gasteiger partial charge in [-0.1, -0.05) is 18.7 Å². The van der Waals surface area contributed by atoms with Gasteiger partial charge in [-0.25, -0.2) is 9.59 Å². The summed E-state index contributed by atoms with van der Waals surface area (Å²) in [5.41, 5.74) is -6.84. The number of para-hydroxylation sites is 1. The fraction of sp³-hybridized carbons (Fsp3) is 0.333. The van der Waals surface area contributed by atoms with Gasteiger partial charge in [0.15, 0.2) is 0 Å². The highest BCUT2D eigenvalue weighted by Crippen LogP contribution is 2.47. The molecule has 1 rings (SSSR count). The van der Waals surface area contributed by atoms with Crippen LogP contribution in [0.5, 0.6) is 5.75 Å². The van der Waals surface area contributed by atoms with Crippen molar-refractivity contribution in [3.05, 3.63) is 42.0 Å². The molecule has 0 saturated heterocycles. The van der Waals surface area contributed by atoms with Crippen molar-refractivity contribution in [3.8, 4) is 5.75 Å². The summed E-state index contributed by atoms with van der Waals surface area (Å²) >= 11 is 0. The van der Waals surface area contributed by atoms with Crippen LogP contribution in [0.4, 0.5) is 26.3 Å². The van der Waals surface area contributed by atoms with Gasteiger partial charge in [0.1, 0.15) is 17.1 Å². The van der Waals surface area contributed by atoms with Crippen LogP contribution in [-0.2, 0) is 19.6 Å². The largest absolute Gasteiger partial charge is 0.438 e. The molecule has 7 nitrogen and oxygen atoms in total.